The first-order valence-electron chi connectivity index (χ1n) is 7.10. The van der Waals surface area contributed by atoms with Crippen molar-refractivity contribution in [2.45, 2.75) is 39.3 Å². The van der Waals surface area contributed by atoms with Gasteiger partial charge in [-0.15, -0.1) is 6.42 Å². The quantitative estimate of drug-likeness (QED) is 0.590. The van der Waals surface area contributed by atoms with Crippen LogP contribution in [0.5, 0.6) is 0 Å². The molecule has 0 amide bonds. The Morgan fingerprint density at radius 2 is 2.24 bits per heavy atom. The average molecular weight is 311 g/mol. The topological polar surface area (TPSA) is 50.2 Å². The summed E-state index contributed by atoms with van der Waals surface area (Å²) >= 11 is 6.01. The Morgan fingerprint density at radius 1 is 1.52 bits per heavy atom. The minimum absolute atomic E-state index is 0.143. The van der Waals surface area contributed by atoms with Crippen molar-refractivity contribution in [2.75, 3.05) is 25.5 Å². The molecular weight excluding hydrogens is 288 g/mol. The number of anilines is 1. The second kappa shape index (κ2) is 8.71. The zero-order chi connectivity index (χ0) is 15.8. The fraction of sp³-hybridized carbons (Fsp3) is 0.600. The normalized spacial score (nSPS) is 10.9. The molecule has 0 bridgehead atoms. The molecule has 1 aromatic rings. The molecular formula is C15H23ClN4O. The van der Waals surface area contributed by atoms with Crippen LogP contribution in [0.15, 0.2) is 11.0 Å². The van der Waals surface area contributed by atoms with Crippen molar-refractivity contribution in [1.82, 2.24) is 14.7 Å². The van der Waals surface area contributed by atoms with E-state index >= 15 is 0 Å². The first-order chi connectivity index (χ1) is 9.97. The molecule has 0 atom stereocenters. The molecule has 0 saturated carbocycles. The molecule has 5 nitrogen and oxygen atoms in total. The molecule has 1 aromatic heterocycles. The highest BCUT2D eigenvalue weighted by Gasteiger charge is 2.09. The van der Waals surface area contributed by atoms with E-state index < -0.39 is 0 Å². The van der Waals surface area contributed by atoms with Gasteiger partial charge in [0.15, 0.2) is 0 Å². The van der Waals surface area contributed by atoms with Crippen LogP contribution in [-0.4, -0.2) is 40.9 Å². The van der Waals surface area contributed by atoms with E-state index in [0.29, 0.717) is 23.3 Å². The maximum absolute atomic E-state index is 12.1. The molecule has 0 spiro atoms. The number of terminal acetylenes is 1. The number of hydrogen-bond acceptors (Lipinski definition) is 4. The SMILES string of the molecule is C#CCn1ncc(Cl)c(NCCCCN(C)C(C)C)c1=O. The highest BCUT2D eigenvalue weighted by atomic mass is 35.5. The minimum Gasteiger partial charge on any atom is -0.379 e. The van der Waals surface area contributed by atoms with Gasteiger partial charge in [-0.1, -0.05) is 17.5 Å². The number of aromatic nitrogens is 2. The van der Waals surface area contributed by atoms with Gasteiger partial charge in [0, 0.05) is 12.6 Å². The molecule has 0 unspecified atom stereocenters. The fourth-order valence-electron chi connectivity index (χ4n) is 1.79. The Kier molecular flexibility index (Phi) is 7.27. The number of unbranched alkanes of at least 4 members (excludes halogenated alkanes) is 1. The van der Waals surface area contributed by atoms with E-state index in [1.54, 1.807) is 0 Å². The minimum atomic E-state index is -0.278. The van der Waals surface area contributed by atoms with Gasteiger partial charge in [-0.25, -0.2) is 4.68 Å². The summed E-state index contributed by atoms with van der Waals surface area (Å²) in [4.78, 5) is 14.4. The van der Waals surface area contributed by atoms with Gasteiger partial charge >= 0.3 is 0 Å². The van der Waals surface area contributed by atoms with Crippen molar-refractivity contribution in [1.29, 1.82) is 0 Å². The summed E-state index contributed by atoms with van der Waals surface area (Å²) in [7, 11) is 2.11. The zero-order valence-electron chi connectivity index (χ0n) is 12.9. The summed E-state index contributed by atoms with van der Waals surface area (Å²) in [5.74, 6) is 2.39. The van der Waals surface area contributed by atoms with Crippen LogP contribution >= 0.6 is 11.6 Å². The van der Waals surface area contributed by atoms with Gasteiger partial charge in [0.2, 0.25) is 0 Å². The van der Waals surface area contributed by atoms with Crippen LogP contribution in [0.1, 0.15) is 26.7 Å². The summed E-state index contributed by atoms with van der Waals surface area (Å²) in [6.07, 6.45) is 8.66. The fourth-order valence-corrected chi connectivity index (χ4v) is 1.98. The van der Waals surface area contributed by atoms with Gasteiger partial charge in [-0.05, 0) is 40.3 Å². The Labute approximate surface area is 131 Å². The largest absolute Gasteiger partial charge is 0.379 e. The average Bonchev–Trinajstić information content (AvgIpc) is 2.44. The Bertz CT molecular complexity index is 548. The zero-order valence-corrected chi connectivity index (χ0v) is 13.7. The van der Waals surface area contributed by atoms with E-state index in [1.807, 2.05) is 0 Å². The summed E-state index contributed by atoms with van der Waals surface area (Å²) in [6.45, 7) is 6.21. The van der Waals surface area contributed by atoms with Crippen molar-refractivity contribution < 1.29 is 0 Å². The predicted molar refractivity (Wildman–Crippen MR) is 87.8 cm³/mol. The van der Waals surface area contributed by atoms with E-state index in [2.05, 4.69) is 42.1 Å². The van der Waals surface area contributed by atoms with Crippen molar-refractivity contribution in [3.05, 3.63) is 21.6 Å². The van der Waals surface area contributed by atoms with Crippen molar-refractivity contribution in [3.63, 3.8) is 0 Å². The summed E-state index contributed by atoms with van der Waals surface area (Å²) in [5.41, 5.74) is 0.0962. The van der Waals surface area contributed by atoms with Gasteiger partial charge in [0.05, 0.1) is 11.2 Å². The molecule has 0 saturated heterocycles. The monoisotopic (exact) mass is 310 g/mol. The number of nitrogens with zero attached hydrogens (tertiary/aromatic N) is 3. The first kappa shape index (κ1) is 17.5. The highest BCUT2D eigenvalue weighted by Crippen LogP contribution is 2.15. The molecule has 21 heavy (non-hydrogen) atoms. The number of hydrogen-bond donors (Lipinski definition) is 1. The third-order valence-corrected chi connectivity index (χ3v) is 3.65. The third kappa shape index (κ3) is 5.41. The van der Waals surface area contributed by atoms with Gasteiger partial charge in [-0.2, -0.15) is 5.10 Å². The Morgan fingerprint density at radius 3 is 2.86 bits per heavy atom. The predicted octanol–water partition coefficient (Wildman–Crippen LogP) is 2.06. The van der Waals surface area contributed by atoms with Crippen LogP contribution in [0.4, 0.5) is 5.69 Å². The van der Waals surface area contributed by atoms with Crippen LogP contribution in [0.2, 0.25) is 5.02 Å². The molecule has 116 valence electrons. The van der Waals surface area contributed by atoms with Crippen LogP contribution in [0.25, 0.3) is 0 Å². The number of halogens is 1. The Hall–Kier alpha value is -1.51. The summed E-state index contributed by atoms with van der Waals surface area (Å²) in [5, 5.41) is 7.32. The molecule has 0 aliphatic heterocycles. The first-order valence-corrected chi connectivity index (χ1v) is 7.48. The van der Waals surface area contributed by atoms with Crippen molar-refractivity contribution >= 4 is 17.3 Å². The second-order valence-corrected chi connectivity index (χ2v) is 5.65. The van der Waals surface area contributed by atoms with E-state index in [-0.39, 0.29) is 12.1 Å². The second-order valence-electron chi connectivity index (χ2n) is 5.24. The Balaban J connectivity index is 2.51. The summed E-state index contributed by atoms with van der Waals surface area (Å²) in [6, 6.07) is 0.545. The van der Waals surface area contributed by atoms with Crippen molar-refractivity contribution in [3.8, 4) is 12.3 Å². The van der Waals surface area contributed by atoms with E-state index in [0.717, 1.165) is 19.4 Å². The lowest BCUT2D eigenvalue weighted by molar-refractivity contribution is 0.269. The molecule has 6 heteroatoms. The smallest absolute Gasteiger partial charge is 0.292 e. The lowest BCUT2D eigenvalue weighted by Crippen LogP contribution is -2.28. The maximum atomic E-state index is 12.1. The van der Waals surface area contributed by atoms with Crippen LogP contribution in [0.3, 0.4) is 0 Å². The molecule has 0 radical (unpaired) electrons. The van der Waals surface area contributed by atoms with Crippen LogP contribution < -0.4 is 10.9 Å². The van der Waals surface area contributed by atoms with Crippen LogP contribution in [0, 0.1) is 12.3 Å². The van der Waals surface area contributed by atoms with E-state index in [1.165, 1.54) is 10.9 Å². The van der Waals surface area contributed by atoms with Crippen LogP contribution in [-0.2, 0) is 6.54 Å². The van der Waals surface area contributed by atoms with Crippen molar-refractivity contribution in [2.24, 2.45) is 0 Å². The standard InChI is InChI=1S/C15H23ClN4O/c1-5-9-20-15(21)14(13(16)11-18-20)17-8-6-7-10-19(4)12(2)3/h1,11-12,17H,6-10H2,2-4H3. The van der Waals surface area contributed by atoms with E-state index in [9.17, 15) is 4.79 Å². The molecule has 1 N–H and O–H groups in total. The maximum Gasteiger partial charge on any atom is 0.292 e. The molecule has 0 fully saturated rings. The lowest BCUT2D eigenvalue weighted by atomic mass is 10.2. The van der Waals surface area contributed by atoms with Gasteiger partial charge in [-0.3, -0.25) is 4.79 Å². The third-order valence-electron chi connectivity index (χ3n) is 3.36. The molecule has 1 rings (SSSR count). The van der Waals surface area contributed by atoms with Gasteiger partial charge in [0.1, 0.15) is 12.2 Å². The summed E-state index contributed by atoms with van der Waals surface area (Å²) < 4.78 is 1.22. The molecule has 0 aromatic carbocycles. The highest BCUT2D eigenvalue weighted by molar-refractivity contribution is 6.32. The molecule has 0 aliphatic carbocycles. The van der Waals surface area contributed by atoms with Gasteiger partial charge in [0.25, 0.3) is 5.56 Å². The van der Waals surface area contributed by atoms with Gasteiger partial charge < -0.3 is 10.2 Å². The molecule has 1 heterocycles. The lowest BCUT2D eigenvalue weighted by Gasteiger charge is -2.20. The molecule has 0 aliphatic rings. The number of nitrogens with one attached hydrogen (secondary N) is 1. The number of rotatable bonds is 8. The van der Waals surface area contributed by atoms with E-state index in [4.69, 9.17) is 18.0 Å².